The Hall–Kier alpha value is -2.11. The van der Waals surface area contributed by atoms with E-state index in [1.54, 1.807) is 0 Å². The van der Waals surface area contributed by atoms with Gasteiger partial charge in [-0.05, 0) is 35.7 Å². The molecule has 0 fully saturated rings. The van der Waals surface area contributed by atoms with Crippen molar-refractivity contribution in [1.82, 2.24) is 5.32 Å². The number of benzene rings is 2. The maximum absolute atomic E-state index is 12.0. The molecule has 2 rings (SSSR count). The van der Waals surface area contributed by atoms with E-state index < -0.39 is 5.92 Å². The third-order valence-electron chi connectivity index (χ3n) is 3.98. The van der Waals surface area contributed by atoms with Crippen LogP contribution in [0.1, 0.15) is 18.4 Å². The monoisotopic (exact) mass is 364 g/mol. The summed E-state index contributed by atoms with van der Waals surface area (Å²) in [6, 6.07) is 14.2. The number of hydrogen-bond donors (Lipinski definition) is 2. The summed E-state index contributed by atoms with van der Waals surface area (Å²) in [5, 5.41) is 5.08. The molecule has 0 bridgehead atoms. The molecule has 2 aromatic carbocycles. The summed E-state index contributed by atoms with van der Waals surface area (Å²) in [5.41, 5.74) is 6.44. The molecule has 0 aliphatic rings. The number of carbonyl (C=O) groups excluding carboxylic acids is 2. The van der Waals surface area contributed by atoms with Crippen LogP contribution >= 0.6 is 12.4 Å². The number of ether oxygens (including phenoxy) is 1. The van der Waals surface area contributed by atoms with E-state index in [1.807, 2.05) is 30.3 Å². The Morgan fingerprint density at radius 1 is 1.16 bits per heavy atom. The zero-order valence-electron chi connectivity index (χ0n) is 14.4. The summed E-state index contributed by atoms with van der Waals surface area (Å²) in [6.45, 7) is 0.744. The minimum atomic E-state index is -0.405. The smallest absolute Gasteiger partial charge is 0.310 e. The van der Waals surface area contributed by atoms with Gasteiger partial charge in [0.05, 0.1) is 13.0 Å². The molecule has 6 heteroatoms. The Bertz CT molecular complexity index is 706. The van der Waals surface area contributed by atoms with Crippen LogP contribution in [0.25, 0.3) is 10.8 Å². The molecular weight excluding hydrogens is 340 g/mol. The molecule has 2 aromatic rings. The molecule has 3 N–H and O–H groups in total. The largest absolute Gasteiger partial charge is 0.469 e. The molecule has 0 aromatic heterocycles. The first-order valence-corrected chi connectivity index (χ1v) is 8.16. The molecule has 0 spiro atoms. The van der Waals surface area contributed by atoms with E-state index in [-0.39, 0.29) is 30.8 Å². The molecule has 0 saturated carbocycles. The lowest BCUT2D eigenvalue weighted by molar-refractivity contribution is -0.145. The summed E-state index contributed by atoms with van der Waals surface area (Å²) < 4.78 is 4.88. The fourth-order valence-electron chi connectivity index (χ4n) is 2.64. The average Bonchev–Trinajstić information content (AvgIpc) is 2.62. The SMILES string of the molecule is COC(=O)C(CNC(=O)CCCN)Cc1ccc2ccccc2c1.Cl. The van der Waals surface area contributed by atoms with Gasteiger partial charge in [-0.3, -0.25) is 9.59 Å². The van der Waals surface area contributed by atoms with Crippen LogP contribution in [-0.4, -0.2) is 32.1 Å². The highest BCUT2D eigenvalue weighted by molar-refractivity contribution is 5.85. The predicted octanol–water partition coefficient (Wildman–Crippen LogP) is 2.45. The quantitative estimate of drug-likeness (QED) is 0.705. The second kappa shape index (κ2) is 10.7. The molecule has 5 nitrogen and oxygen atoms in total. The Balaban J connectivity index is 0.00000312. The Labute approximate surface area is 154 Å². The van der Waals surface area contributed by atoms with Gasteiger partial charge in [0.25, 0.3) is 0 Å². The number of fused-ring (bicyclic) bond motifs is 1. The van der Waals surface area contributed by atoms with Crippen molar-refractivity contribution in [3.8, 4) is 0 Å². The molecule has 0 aliphatic heterocycles. The number of hydrogen-bond acceptors (Lipinski definition) is 4. The topological polar surface area (TPSA) is 81.4 Å². The van der Waals surface area contributed by atoms with Gasteiger partial charge in [-0.25, -0.2) is 0 Å². The van der Waals surface area contributed by atoms with Gasteiger partial charge in [-0.2, -0.15) is 0 Å². The van der Waals surface area contributed by atoms with E-state index in [0.29, 0.717) is 25.8 Å². The van der Waals surface area contributed by atoms with E-state index in [0.717, 1.165) is 16.3 Å². The Morgan fingerprint density at radius 2 is 1.88 bits per heavy atom. The minimum Gasteiger partial charge on any atom is -0.469 e. The lowest BCUT2D eigenvalue weighted by Gasteiger charge is -2.16. The van der Waals surface area contributed by atoms with Crippen LogP contribution in [0.2, 0.25) is 0 Å². The van der Waals surface area contributed by atoms with Crippen molar-refractivity contribution >= 4 is 35.1 Å². The summed E-state index contributed by atoms with van der Waals surface area (Å²) in [6.07, 6.45) is 1.54. The first-order chi connectivity index (χ1) is 11.6. The lowest BCUT2D eigenvalue weighted by Crippen LogP contribution is -2.34. The third-order valence-corrected chi connectivity index (χ3v) is 3.98. The van der Waals surface area contributed by atoms with Crippen LogP contribution in [0.4, 0.5) is 0 Å². The maximum Gasteiger partial charge on any atom is 0.310 e. The first kappa shape index (κ1) is 20.9. The molecule has 1 unspecified atom stereocenters. The molecule has 0 radical (unpaired) electrons. The summed E-state index contributed by atoms with van der Waals surface area (Å²) in [7, 11) is 1.37. The standard InChI is InChI=1S/C19H24N2O3.ClH/c1-24-19(23)17(13-21-18(22)7-4-10-20)12-14-8-9-15-5-2-3-6-16(15)11-14;/h2-3,5-6,8-9,11,17H,4,7,10,12-13,20H2,1H3,(H,21,22);1H. The summed E-state index contributed by atoms with van der Waals surface area (Å²) in [4.78, 5) is 23.7. The van der Waals surface area contributed by atoms with Gasteiger partial charge >= 0.3 is 5.97 Å². The number of esters is 1. The van der Waals surface area contributed by atoms with E-state index in [1.165, 1.54) is 7.11 Å². The molecule has 136 valence electrons. The van der Waals surface area contributed by atoms with Gasteiger partial charge in [-0.15, -0.1) is 12.4 Å². The van der Waals surface area contributed by atoms with Gasteiger partial charge in [0.15, 0.2) is 0 Å². The van der Waals surface area contributed by atoms with Gasteiger partial charge in [-0.1, -0.05) is 42.5 Å². The second-order valence-electron chi connectivity index (χ2n) is 5.80. The van der Waals surface area contributed by atoms with Crippen LogP contribution in [0, 0.1) is 5.92 Å². The highest BCUT2D eigenvalue weighted by atomic mass is 35.5. The Kier molecular flexibility index (Phi) is 8.95. The molecular formula is C19H25ClN2O3. The van der Waals surface area contributed by atoms with E-state index in [4.69, 9.17) is 10.5 Å². The minimum absolute atomic E-state index is 0. The molecule has 0 saturated heterocycles. The number of nitrogens with two attached hydrogens (primary N) is 1. The van der Waals surface area contributed by atoms with E-state index in [2.05, 4.69) is 17.4 Å². The molecule has 25 heavy (non-hydrogen) atoms. The zero-order chi connectivity index (χ0) is 17.4. The van der Waals surface area contributed by atoms with Gasteiger partial charge in [0.2, 0.25) is 5.91 Å². The number of methoxy groups -OCH3 is 1. The van der Waals surface area contributed by atoms with Crippen LogP contribution in [0.3, 0.4) is 0 Å². The normalized spacial score (nSPS) is 11.4. The number of amides is 1. The van der Waals surface area contributed by atoms with Crippen molar-refractivity contribution < 1.29 is 14.3 Å². The van der Waals surface area contributed by atoms with Crippen molar-refractivity contribution in [3.63, 3.8) is 0 Å². The molecule has 1 atom stereocenters. The number of halogens is 1. The van der Waals surface area contributed by atoms with Gasteiger partial charge < -0.3 is 15.8 Å². The van der Waals surface area contributed by atoms with Crippen LogP contribution in [0.15, 0.2) is 42.5 Å². The van der Waals surface area contributed by atoms with Crippen LogP contribution < -0.4 is 11.1 Å². The number of rotatable bonds is 8. The maximum atomic E-state index is 12.0. The predicted molar refractivity (Wildman–Crippen MR) is 102 cm³/mol. The van der Waals surface area contributed by atoms with Gasteiger partial charge in [0.1, 0.15) is 0 Å². The van der Waals surface area contributed by atoms with Gasteiger partial charge in [0, 0.05) is 13.0 Å². The number of nitrogens with one attached hydrogen (secondary N) is 1. The van der Waals surface area contributed by atoms with Crippen molar-refractivity contribution in [2.24, 2.45) is 11.7 Å². The van der Waals surface area contributed by atoms with E-state index in [9.17, 15) is 9.59 Å². The average molecular weight is 365 g/mol. The fraction of sp³-hybridized carbons (Fsp3) is 0.368. The third kappa shape index (κ3) is 6.36. The van der Waals surface area contributed by atoms with Crippen molar-refractivity contribution in [2.75, 3.05) is 20.2 Å². The molecule has 1 amide bonds. The molecule has 0 aliphatic carbocycles. The summed E-state index contributed by atoms with van der Waals surface area (Å²) in [5.74, 6) is -0.812. The van der Waals surface area contributed by atoms with E-state index >= 15 is 0 Å². The highest BCUT2D eigenvalue weighted by Crippen LogP contribution is 2.18. The van der Waals surface area contributed by atoms with Crippen LogP contribution in [0.5, 0.6) is 0 Å². The Morgan fingerprint density at radius 3 is 2.56 bits per heavy atom. The first-order valence-electron chi connectivity index (χ1n) is 8.16. The summed E-state index contributed by atoms with van der Waals surface area (Å²) >= 11 is 0. The highest BCUT2D eigenvalue weighted by Gasteiger charge is 2.20. The van der Waals surface area contributed by atoms with Crippen LogP contribution in [-0.2, 0) is 20.7 Å². The van der Waals surface area contributed by atoms with Crippen molar-refractivity contribution in [1.29, 1.82) is 0 Å². The number of carbonyl (C=O) groups is 2. The lowest BCUT2D eigenvalue weighted by atomic mass is 9.97. The fourth-order valence-corrected chi connectivity index (χ4v) is 2.64. The van der Waals surface area contributed by atoms with Crippen molar-refractivity contribution in [3.05, 3.63) is 48.0 Å². The van der Waals surface area contributed by atoms with Crippen molar-refractivity contribution in [2.45, 2.75) is 19.3 Å². The zero-order valence-corrected chi connectivity index (χ0v) is 15.2. The molecule has 0 heterocycles. The second-order valence-corrected chi connectivity index (χ2v) is 5.80.